The Morgan fingerprint density at radius 2 is 2.23 bits per heavy atom. The van der Waals surface area contributed by atoms with E-state index < -0.39 is 5.97 Å². The third-order valence-corrected chi connectivity index (χ3v) is 3.45. The molecule has 1 saturated heterocycles. The van der Waals surface area contributed by atoms with Gasteiger partial charge in [0.25, 0.3) is 5.82 Å². The summed E-state index contributed by atoms with van der Waals surface area (Å²) in [7, 11) is 0. The second-order valence-corrected chi connectivity index (χ2v) is 5.10. The molecule has 0 radical (unpaired) electrons. The van der Waals surface area contributed by atoms with Crippen LogP contribution in [-0.2, 0) is 9.47 Å². The predicted molar refractivity (Wildman–Crippen MR) is 75.3 cm³/mol. The molecule has 7 heteroatoms. The summed E-state index contributed by atoms with van der Waals surface area (Å²) in [6, 6.07) is 5.79. The van der Waals surface area contributed by atoms with Crippen LogP contribution in [0.25, 0.3) is 5.69 Å². The van der Waals surface area contributed by atoms with E-state index in [0.29, 0.717) is 18.1 Å². The maximum atomic E-state index is 13.0. The zero-order valence-corrected chi connectivity index (χ0v) is 12.2. The summed E-state index contributed by atoms with van der Waals surface area (Å²) in [6.07, 6.45) is 1.84. The Kier molecular flexibility index (Phi) is 4.15. The van der Waals surface area contributed by atoms with Gasteiger partial charge in [0.2, 0.25) is 0 Å². The fourth-order valence-electron chi connectivity index (χ4n) is 2.31. The number of hydrogen-bond acceptors (Lipinski definition) is 5. The third-order valence-electron chi connectivity index (χ3n) is 3.45. The van der Waals surface area contributed by atoms with Crippen LogP contribution in [0.1, 0.15) is 29.3 Å². The van der Waals surface area contributed by atoms with Gasteiger partial charge in [-0.1, -0.05) is 0 Å². The van der Waals surface area contributed by atoms with Gasteiger partial charge >= 0.3 is 5.97 Å². The fourth-order valence-corrected chi connectivity index (χ4v) is 2.31. The number of aromatic nitrogens is 3. The van der Waals surface area contributed by atoms with E-state index >= 15 is 0 Å². The van der Waals surface area contributed by atoms with Gasteiger partial charge in [0.15, 0.2) is 0 Å². The average molecular weight is 305 g/mol. The van der Waals surface area contributed by atoms with Gasteiger partial charge in [0.1, 0.15) is 18.2 Å². The summed E-state index contributed by atoms with van der Waals surface area (Å²) >= 11 is 0. The first kappa shape index (κ1) is 14.6. The maximum absolute atomic E-state index is 13.0. The van der Waals surface area contributed by atoms with Gasteiger partial charge in [-0.05, 0) is 44.0 Å². The van der Waals surface area contributed by atoms with Crippen LogP contribution in [0.5, 0.6) is 0 Å². The Hall–Kier alpha value is -2.28. The van der Waals surface area contributed by atoms with Crippen molar-refractivity contribution in [3.63, 3.8) is 0 Å². The van der Waals surface area contributed by atoms with E-state index in [9.17, 15) is 9.18 Å². The highest BCUT2D eigenvalue weighted by molar-refractivity contribution is 5.85. The molecule has 1 aromatic heterocycles. The van der Waals surface area contributed by atoms with Crippen molar-refractivity contribution in [3.8, 4) is 5.69 Å². The first-order valence-electron chi connectivity index (χ1n) is 7.12. The SMILES string of the molecule is Cc1nc(C(=O)OC[C@@H]2CCCO2)nn1-c1ccc(F)cc1. The average Bonchev–Trinajstić information content (AvgIpc) is 3.15. The van der Waals surface area contributed by atoms with Crippen molar-refractivity contribution < 1.29 is 18.7 Å². The number of benzene rings is 1. The van der Waals surface area contributed by atoms with E-state index in [-0.39, 0.29) is 24.4 Å². The number of carbonyl (C=O) groups excluding carboxylic acids is 1. The molecule has 1 fully saturated rings. The van der Waals surface area contributed by atoms with Gasteiger partial charge in [0.05, 0.1) is 11.8 Å². The van der Waals surface area contributed by atoms with Crippen LogP contribution in [0.2, 0.25) is 0 Å². The van der Waals surface area contributed by atoms with E-state index in [1.165, 1.54) is 16.8 Å². The van der Waals surface area contributed by atoms with Crippen molar-refractivity contribution in [2.24, 2.45) is 0 Å². The number of esters is 1. The molecule has 0 aliphatic carbocycles. The van der Waals surface area contributed by atoms with Crippen LogP contribution in [0, 0.1) is 12.7 Å². The van der Waals surface area contributed by atoms with Gasteiger partial charge < -0.3 is 9.47 Å². The normalized spacial score (nSPS) is 17.6. The van der Waals surface area contributed by atoms with Crippen molar-refractivity contribution in [2.45, 2.75) is 25.9 Å². The molecule has 0 bridgehead atoms. The van der Waals surface area contributed by atoms with Crippen molar-refractivity contribution >= 4 is 5.97 Å². The molecule has 2 aromatic rings. The summed E-state index contributed by atoms with van der Waals surface area (Å²) in [6.45, 7) is 2.63. The molecule has 1 aliphatic rings. The number of hydrogen-bond donors (Lipinski definition) is 0. The Morgan fingerprint density at radius 1 is 1.45 bits per heavy atom. The molecule has 2 heterocycles. The van der Waals surface area contributed by atoms with Crippen molar-refractivity contribution in [2.75, 3.05) is 13.2 Å². The van der Waals surface area contributed by atoms with Crippen LogP contribution in [0.4, 0.5) is 4.39 Å². The maximum Gasteiger partial charge on any atom is 0.378 e. The minimum Gasteiger partial charge on any atom is -0.457 e. The summed E-state index contributed by atoms with van der Waals surface area (Å²) in [5.74, 6) is -0.410. The first-order chi connectivity index (χ1) is 10.6. The van der Waals surface area contributed by atoms with E-state index in [2.05, 4.69) is 10.1 Å². The molecule has 0 N–H and O–H groups in total. The van der Waals surface area contributed by atoms with Crippen LogP contribution >= 0.6 is 0 Å². The van der Waals surface area contributed by atoms with Gasteiger partial charge in [0, 0.05) is 6.61 Å². The van der Waals surface area contributed by atoms with Crippen LogP contribution in [0.3, 0.4) is 0 Å². The topological polar surface area (TPSA) is 66.2 Å². The van der Waals surface area contributed by atoms with E-state index in [4.69, 9.17) is 9.47 Å². The lowest BCUT2D eigenvalue weighted by atomic mass is 10.2. The van der Waals surface area contributed by atoms with Crippen molar-refractivity contribution in [1.29, 1.82) is 0 Å². The second kappa shape index (κ2) is 6.23. The van der Waals surface area contributed by atoms with Crippen LogP contribution in [-0.4, -0.2) is 40.1 Å². The number of halogens is 1. The summed E-state index contributed by atoms with van der Waals surface area (Å²) in [4.78, 5) is 16.1. The standard InChI is InChI=1S/C15H16FN3O3/c1-10-17-14(15(20)22-9-13-3-2-8-21-13)18-19(10)12-6-4-11(16)5-7-12/h4-7,13H,2-3,8-9H2,1H3/t13-/m0/s1. The molecule has 6 nitrogen and oxygen atoms in total. The quantitative estimate of drug-likeness (QED) is 0.809. The van der Waals surface area contributed by atoms with Crippen LogP contribution in [0.15, 0.2) is 24.3 Å². The number of nitrogens with zero attached hydrogens (tertiary/aromatic N) is 3. The highest BCUT2D eigenvalue weighted by atomic mass is 19.1. The molecular weight excluding hydrogens is 289 g/mol. The Balaban J connectivity index is 1.70. The number of aryl methyl sites for hydroxylation is 1. The lowest BCUT2D eigenvalue weighted by Gasteiger charge is -2.08. The van der Waals surface area contributed by atoms with Gasteiger partial charge in [-0.25, -0.2) is 18.9 Å². The van der Waals surface area contributed by atoms with E-state index in [1.807, 2.05) is 0 Å². The lowest BCUT2D eigenvalue weighted by Crippen LogP contribution is -2.18. The number of rotatable bonds is 4. The summed E-state index contributed by atoms with van der Waals surface area (Å²) < 4.78 is 25.0. The third kappa shape index (κ3) is 3.14. The Labute approximate surface area is 126 Å². The largest absolute Gasteiger partial charge is 0.457 e. The number of ether oxygens (including phenoxy) is 2. The molecule has 3 rings (SSSR count). The van der Waals surface area contributed by atoms with Crippen LogP contribution < -0.4 is 0 Å². The summed E-state index contributed by atoms with van der Waals surface area (Å²) in [5.41, 5.74) is 0.629. The molecular formula is C15H16FN3O3. The van der Waals surface area contributed by atoms with Crippen molar-refractivity contribution in [1.82, 2.24) is 14.8 Å². The second-order valence-electron chi connectivity index (χ2n) is 5.10. The first-order valence-corrected chi connectivity index (χ1v) is 7.12. The van der Waals surface area contributed by atoms with E-state index in [1.54, 1.807) is 19.1 Å². The minimum atomic E-state index is -0.584. The zero-order chi connectivity index (χ0) is 15.5. The number of carbonyl (C=O) groups is 1. The predicted octanol–water partition coefficient (Wildman–Crippen LogP) is 2.05. The molecule has 116 valence electrons. The van der Waals surface area contributed by atoms with Crippen molar-refractivity contribution in [3.05, 3.63) is 41.7 Å². The Bertz CT molecular complexity index is 663. The lowest BCUT2D eigenvalue weighted by molar-refractivity contribution is 0.0151. The molecule has 0 spiro atoms. The monoisotopic (exact) mass is 305 g/mol. The Morgan fingerprint density at radius 3 is 2.91 bits per heavy atom. The van der Waals surface area contributed by atoms with Gasteiger partial charge in [-0.2, -0.15) is 0 Å². The van der Waals surface area contributed by atoms with E-state index in [0.717, 1.165) is 12.8 Å². The smallest absolute Gasteiger partial charge is 0.378 e. The molecule has 0 amide bonds. The highest BCUT2D eigenvalue weighted by Gasteiger charge is 2.21. The minimum absolute atomic E-state index is 0.0141. The molecule has 22 heavy (non-hydrogen) atoms. The molecule has 1 atom stereocenters. The molecule has 0 unspecified atom stereocenters. The zero-order valence-electron chi connectivity index (χ0n) is 12.2. The molecule has 1 aromatic carbocycles. The summed E-state index contributed by atoms with van der Waals surface area (Å²) in [5, 5.41) is 4.12. The molecule has 0 saturated carbocycles. The fraction of sp³-hybridized carbons (Fsp3) is 0.400. The van der Waals surface area contributed by atoms with Gasteiger partial charge in [-0.3, -0.25) is 0 Å². The highest BCUT2D eigenvalue weighted by Crippen LogP contribution is 2.14. The van der Waals surface area contributed by atoms with Gasteiger partial charge in [-0.15, -0.1) is 5.10 Å². The molecule has 1 aliphatic heterocycles.